The van der Waals surface area contributed by atoms with Gasteiger partial charge < -0.3 is 20.3 Å². The summed E-state index contributed by atoms with van der Waals surface area (Å²) in [4.78, 5) is 37.0. The van der Waals surface area contributed by atoms with Gasteiger partial charge in [0, 0.05) is 42.2 Å². The van der Waals surface area contributed by atoms with Crippen LogP contribution >= 0.6 is 0 Å². The van der Waals surface area contributed by atoms with Crippen LogP contribution in [0, 0.1) is 17.2 Å². The first kappa shape index (κ1) is 25.6. The second-order valence-corrected chi connectivity index (χ2v) is 11.2. The molecule has 9 heteroatoms. The summed E-state index contributed by atoms with van der Waals surface area (Å²) >= 11 is 0. The summed E-state index contributed by atoms with van der Waals surface area (Å²) in [6.07, 6.45) is 10.6. The number of hydrogen-bond acceptors (Lipinski definition) is 6. The van der Waals surface area contributed by atoms with Crippen LogP contribution in [0.15, 0.2) is 30.6 Å². The number of likely N-dealkylation sites (tertiary alicyclic amines) is 2. The molecule has 2 amide bonds. The number of nitrogens with two attached hydrogens (primary N) is 1. The summed E-state index contributed by atoms with van der Waals surface area (Å²) < 4.78 is 20.8. The van der Waals surface area contributed by atoms with E-state index in [0.29, 0.717) is 48.5 Å². The van der Waals surface area contributed by atoms with Crippen LogP contribution in [-0.4, -0.2) is 70.4 Å². The van der Waals surface area contributed by atoms with Crippen LogP contribution in [0.4, 0.5) is 4.39 Å². The molecule has 0 bridgehead atoms. The molecule has 3 aliphatic rings. The molecular formula is C28H36FN5O3. The molecule has 1 aliphatic carbocycles. The van der Waals surface area contributed by atoms with Gasteiger partial charge in [0.2, 0.25) is 5.91 Å². The van der Waals surface area contributed by atoms with Crippen LogP contribution < -0.4 is 10.5 Å². The van der Waals surface area contributed by atoms with E-state index in [1.807, 2.05) is 0 Å². The third-order valence-corrected chi connectivity index (χ3v) is 8.32. The molecule has 0 radical (unpaired) electrons. The zero-order valence-corrected chi connectivity index (χ0v) is 21.5. The normalized spacial score (nSPS) is 22.0. The van der Waals surface area contributed by atoms with E-state index in [9.17, 15) is 14.0 Å². The van der Waals surface area contributed by atoms with Gasteiger partial charge in [0.05, 0.1) is 6.61 Å². The minimum absolute atomic E-state index is 0.183. The highest BCUT2D eigenvalue weighted by Gasteiger charge is 2.35. The Labute approximate surface area is 217 Å². The number of hydrogen-bond donors (Lipinski definition) is 1. The largest absolute Gasteiger partial charge is 0.463 e. The van der Waals surface area contributed by atoms with Crippen molar-refractivity contribution < 1.29 is 18.7 Å². The average Bonchev–Trinajstić information content (AvgIpc) is 3.38. The third kappa shape index (κ3) is 5.76. The van der Waals surface area contributed by atoms with Gasteiger partial charge >= 0.3 is 6.01 Å². The molecule has 2 saturated heterocycles. The highest BCUT2D eigenvalue weighted by Crippen LogP contribution is 2.41. The molecule has 3 fully saturated rings. The Morgan fingerprint density at radius 3 is 2.46 bits per heavy atom. The number of primary amides is 1. The number of carbonyl (C=O) groups excluding carboxylic acids is 2. The predicted octanol–water partition coefficient (Wildman–Crippen LogP) is 3.65. The number of piperidine rings is 1. The number of benzene rings is 1. The van der Waals surface area contributed by atoms with Crippen molar-refractivity contribution >= 4 is 11.8 Å². The Kier molecular flexibility index (Phi) is 7.42. The summed E-state index contributed by atoms with van der Waals surface area (Å²) in [7, 11) is 0. The molecule has 37 heavy (non-hydrogen) atoms. The number of rotatable bonds is 8. The van der Waals surface area contributed by atoms with Crippen LogP contribution in [0.5, 0.6) is 6.01 Å². The SMILES string of the molecule is CC1(CN2CCC(COc3ncc(-c4ccc(C(=O)N5CCC[C@H]5C(N)=O)cc4F)cn3)CC2)CCC1. The molecule has 198 valence electrons. The molecule has 0 unspecified atom stereocenters. The van der Waals surface area contributed by atoms with Crippen molar-refractivity contribution in [3.63, 3.8) is 0 Å². The van der Waals surface area contributed by atoms with Crippen molar-refractivity contribution in [2.24, 2.45) is 17.1 Å². The lowest BCUT2D eigenvalue weighted by Crippen LogP contribution is -2.44. The lowest BCUT2D eigenvalue weighted by molar-refractivity contribution is -0.121. The molecule has 1 aromatic carbocycles. The standard InChI is InChI=1S/C28H36FN5O3/c1-28(9-3-10-28)18-33-12-7-19(8-13-33)17-37-27-31-15-21(16-32-27)22-6-5-20(14-23(22)29)26(36)34-11-2-4-24(34)25(30)35/h5-6,14-16,19,24H,2-4,7-13,17-18H2,1H3,(H2,30,35)/t24-/m0/s1. The number of aromatic nitrogens is 2. The van der Waals surface area contributed by atoms with E-state index in [1.54, 1.807) is 6.07 Å². The van der Waals surface area contributed by atoms with Crippen LogP contribution in [0.25, 0.3) is 11.1 Å². The first-order valence-electron chi connectivity index (χ1n) is 13.4. The molecule has 3 heterocycles. The van der Waals surface area contributed by atoms with Crippen LogP contribution in [0.2, 0.25) is 0 Å². The summed E-state index contributed by atoms with van der Waals surface area (Å²) in [5, 5.41) is 0. The fourth-order valence-electron chi connectivity index (χ4n) is 5.87. The molecule has 0 spiro atoms. The van der Waals surface area contributed by atoms with Crippen LogP contribution in [0.3, 0.4) is 0 Å². The Balaban J connectivity index is 1.14. The van der Waals surface area contributed by atoms with Gasteiger partial charge in [0.25, 0.3) is 5.91 Å². The summed E-state index contributed by atoms with van der Waals surface area (Å²) in [5.41, 5.74) is 6.91. The maximum absolute atomic E-state index is 14.9. The van der Waals surface area contributed by atoms with E-state index in [-0.39, 0.29) is 11.6 Å². The van der Waals surface area contributed by atoms with Gasteiger partial charge in [-0.1, -0.05) is 19.4 Å². The topological polar surface area (TPSA) is 102 Å². The number of carbonyl (C=O) groups is 2. The van der Waals surface area contributed by atoms with Gasteiger partial charge in [-0.05, 0) is 75.1 Å². The zero-order valence-electron chi connectivity index (χ0n) is 21.5. The number of ether oxygens (including phenoxy) is 1. The van der Waals surface area contributed by atoms with E-state index < -0.39 is 23.7 Å². The van der Waals surface area contributed by atoms with Crippen molar-refractivity contribution in [2.45, 2.75) is 57.9 Å². The first-order valence-corrected chi connectivity index (χ1v) is 13.4. The van der Waals surface area contributed by atoms with Gasteiger partial charge in [0.15, 0.2) is 0 Å². The molecule has 2 aromatic rings. The van der Waals surface area contributed by atoms with Crippen molar-refractivity contribution in [3.8, 4) is 17.1 Å². The van der Waals surface area contributed by atoms with Crippen LogP contribution in [-0.2, 0) is 4.79 Å². The summed E-state index contributed by atoms with van der Waals surface area (Å²) in [5.74, 6) is -0.998. The molecule has 2 N–H and O–H groups in total. The lowest BCUT2D eigenvalue weighted by atomic mass is 9.70. The van der Waals surface area contributed by atoms with Crippen molar-refractivity contribution in [1.29, 1.82) is 0 Å². The van der Waals surface area contributed by atoms with Crippen molar-refractivity contribution in [3.05, 3.63) is 42.0 Å². The maximum Gasteiger partial charge on any atom is 0.316 e. The quantitative estimate of drug-likeness (QED) is 0.583. The Hall–Kier alpha value is -3.07. The molecule has 1 saturated carbocycles. The van der Waals surface area contributed by atoms with Gasteiger partial charge in [0.1, 0.15) is 11.9 Å². The monoisotopic (exact) mass is 509 g/mol. The van der Waals surface area contributed by atoms with Gasteiger partial charge in [-0.25, -0.2) is 14.4 Å². The predicted molar refractivity (Wildman–Crippen MR) is 137 cm³/mol. The Morgan fingerprint density at radius 1 is 1.11 bits per heavy atom. The number of amides is 2. The Bertz CT molecular complexity index is 1130. The molecule has 5 rings (SSSR count). The van der Waals surface area contributed by atoms with E-state index in [1.165, 1.54) is 55.2 Å². The third-order valence-electron chi connectivity index (χ3n) is 8.32. The molecule has 1 atom stereocenters. The fraction of sp³-hybridized carbons (Fsp3) is 0.571. The van der Waals surface area contributed by atoms with Crippen molar-refractivity contribution in [2.75, 3.05) is 32.8 Å². The van der Waals surface area contributed by atoms with Crippen molar-refractivity contribution in [1.82, 2.24) is 19.8 Å². The summed E-state index contributed by atoms with van der Waals surface area (Å²) in [6.45, 7) is 6.86. The van der Waals surface area contributed by atoms with Crippen LogP contribution in [0.1, 0.15) is 62.2 Å². The number of halogens is 1. The molecular weight excluding hydrogens is 473 g/mol. The van der Waals surface area contributed by atoms with E-state index in [2.05, 4.69) is 21.8 Å². The molecule has 2 aliphatic heterocycles. The van der Waals surface area contributed by atoms with E-state index in [0.717, 1.165) is 25.9 Å². The first-order chi connectivity index (χ1) is 17.8. The number of nitrogens with zero attached hydrogens (tertiary/aromatic N) is 4. The smallest absolute Gasteiger partial charge is 0.316 e. The fourth-order valence-corrected chi connectivity index (χ4v) is 5.87. The summed E-state index contributed by atoms with van der Waals surface area (Å²) in [6, 6.07) is 3.93. The van der Waals surface area contributed by atoms with E-state index in [4.69, 9.17) is 10.5 Å². The Morgan fingerprint density at radius 2 is 1.84 bits per heavy atom. The highest BCUT2D eigenvalue weighted by atomic mass is 19.1. The minimum Gasteiger partial charge on any atom is -0.463 e. The lowest BCUT2D eigenvalue weighted by Gasteiger charge is -2.44. The maximum atomic E-state index is 14.9. The van der Waals surface area contributed by atoms with Gasteiger partial charge in [-0.3, -0.25) is 9.59 Å². The highest BCUT2D eigenvalue weighted by molar-refractivity contribution is 5.98. The zero-order chi connectivity index (χ0) is 26.0. The second kappa shape index (κ2) is 10.7. The average molecular weight is 510 g/mol. The van der Waals surface area contributed by atoms with E-state index >= 15 is 0 Å². The minimum atomic E-state index is -0.639. The van der Waals surface area contributed by atoms with Gasteiger partial charge in [-0.2, -0.15) is 0 Å². The second-order valence-electron chi connectivity index (χ2n) is 11.2. The van der Waals surface area contributed by atoms with Gasteiger partial charge in [-0.15, -0.1) is 0 Å². The molecule has 8 nitrogen and oxygen atoms in total. The molecule has 1 aromatic heterocycles.